The number of benzene rings is 4. The van der Waals surface area contributed by atoms with E-state index in [1.165, 1.54) is 154 Å². The molecule has 0 bridgehead atoms. The van der Waals surface area contributed by atoms with Crippen LogP contribution in [0.25, 0.3) is 0 Å². The Balaban J connectivity index is 0.000000172. The Morgan fingerprint density at radius 1 is 0.250 bits per heavy atom. The molecule has 0 heterocycles. The molecule has 8 aliphatic rings. The molecule has 112 heavy (non-hydrogen) atoms. The molecule has 0 spiro atoms. The molecule has 8 aliphatic carbocycles. The van der Waals surface area contributed by atoms with Crippen molar-refractivity contribution in [1.82, 2.24) is 0 Å². The predicted octanol–water partition coefficient (Wildman–Crippen LogP) is 30.0. The van der Waals surface area contributed by atoms with Gasteiger partial charge in [0.1, 0.15) is 23.0 Å². The number of hydrogen-bond donors (Lipinski definition) is 0. The van der Waals surface area contributed by atoms with Crippen LogP contribution in [0.2, 0.25) is 0 Å². The van der Waals surface area contributed by atoms with Crippen molar-refractivity contribution in [1.29, 1.82) is 0 Å². The molecule has 0 saturated heterocycles. The summed E-state index contributed by atoms with van der Waals surface area (Å²) in [6, 6.07) is 3.72. The van der Waals surface area contributed by atoms with Crippen LogP contribution in [0.15, 0.2) is 48.5 Å². The van der Waals surface area contributed by atoms with Crippen molar-refractivity contribution in [2.75, 3.05) is 0 Å². The molecular formula is C88H116F20O4. The SMILES string of the molecule is CC1CCC(C2CCC(C(F)(F)Oc3cc(F)c(F)c(F)c3)CC2)CC1.CCC1CCC(C2CCC(C(F)(F)Oc3cc(F)c(F)c(F)c3)CC2)CC1.CCCCC1CCC(C2CCC(C(F)(F)Oc3cc(F)c(F)c(F)c3)CC2)CC1.CCCCCC1CCC(C2CCC(C(F)(F)Oc3cc(F)c(F)c(F)c3)CC2)CC1. The van der Waals surface area contributed by atoms with Crippen LogP contribution in [0.5, 0.6) is 23.0 Å². The Morgan fingerprint density at radius 2 is 0.438 bits per heavy atom. The van der Waals surface area contributed by atoms with Crippen molar-refractivity contribution in [3.8, 4) is 23.0 Å². The van der Waals surface area contributed by atoms with Crippen molar-refractivity contribution in [3.63, 3.8) is 0 Å². The molecule has 4 aromatic rings. The third kappa shape index (κ3) is 25.6. The average Bonchev–Trinajstić information content (AvgIpc) is 0.819. The molecule has 4 aromatic carbocycles. The molecule has 8 saturated carbocycles. The largest absolute Gasteiger partial charge is 0.432 e. The van der Waals surface area contributed by atoms with Crippen LogP contribution >= 0.6 is 0 Å². The van der Waals surface area contributed by atoms with E-state index >= 15 is 0 Å². The molecule has 12 rings (SSSR count). The van der Waals surface area contributed by atoms with E-state index in [0.717, 1.165) is 75.0 Å². The minimum Gasteiger partial charge on any atom is -0.432 e. The van der Waals surface area contributed by atoms with E-state index in [1.807, 2.05) is 0 Å². The van der Waals surface area contributed by atoms with E-state index < -0.39 is 141 Å². The first kappa shape index (κ1) is 90.6. The summed E-state index contributed by atoms with van der Waals surface area (Å²) < 4.78 is 292. The Kier molecular flexibility index (Phi) is 33.7. The fourth-order valence-corrected chi connectivity index (χ4v) is 19.9. The Hall–Kier alpha value is -5.32. The van der Waals surface area contributed by atoms with Gasteiger partial charge in [0.25, 0.3) is 0 Å². The Bertz CT molecular complexity index is 3400. The highest BCUT2D eigenvalue weighted by atomic mass is 19.3. The van der Waals surface area contributed by atoms with Gasteiger partial charge in [-0.15, -0.1) is 0 Å². The smallest absolute Gasteiger partial charge is 0.400 e. The summed E-state index contributed by atoms with van der Waals surface area (Å²) >= 11 is 0. The van der Waals surface area contributed by atoms with Crippen LogP contribution in [0.4, 0.5) is 87.8 Å². The summed E-state index contributed by atoms with van der Waals surface area (Å²) in [5.74, 6) is -18.1. The van der Waals surface area contributed by atoms with Crippen molar-refractivity contribution in [2.24, 2.45) is 94.7 Å². The van der Waals surface area contributed by atoms with E-state index in [0.29, 0.717) is 147 Å². The summed E-state index contributed by atoms with van der Waals surface area (Å²) in [4.78, 5) is 0. The second-order valence-corrected chi connectivity index (χ2v) is 34.3. The minimum absolute atomic E-state index is 0.329. The zero-order valence-corrected chi connectivity index (χ0v) is 65.3. The lowest BCUT2D eigenvalue weighted by atomic mass is 9.68. The maximum atomic E-state index is 14.6. The van der Waals surface area contributed by atoms with Gasteiger partial charge in [-0.3, -0.25) is 0 Å². The zero-order valence-electron chi connectivity index (χ0n) is 65.3. The highest BCUT2D eigenvalue weighted by Crippen LogP contribution is 2.52. The molecule has 0 N–H and O–H groups in total. The van der Waals surface area contributed by atoms with Crippen LogP contribution in [0, 0.1) is 164 Å². The lowest BCUT2D eigenvalue weighted by Crippen LogP contribution is -2.38. The quantitative estimate of drug-likeness (QED) is 0.0398. The molecule has 0 aromatic heterocycles. The summed E-state index contributed by atoms with van der Waals surface area (Å²) in [6.45, 7) is 8.91. The van der Waals surface area contributed by atoms with E-state index in [2.05, 4.69) is 46.6 Å². The van der Waals surface area contributed by atoms with Gasteiger partial charge in [-0.05, 0) is 225 Å². The summed E-state index contributed by atoms with van der Waals surface area (Å²) in [5.41, 5.74) is 0. The first-order valence-corrected chi connectivity index (χ1v) is 42.0. The van der Waals surface area contributed by atoms with Crippen molar-refractivity contribution < 1.29 is 107 Å². The molecule has 0 atom stereocenters. The molecule has 0 radical (unpaired) electrons. The number of halogens is 20. The summed E-state index contributed by atoms with van der Waals surface area (Å²) in [6.07, 6.45) is 24.1. The van der Waals surface area contributed by atoms with Gasteiger partial charge in [0.15, 0.2) is 69.8 Å². The van der Waals surface area contributed by atoms with Gasteiger partial charge < -0.3 is 18.9 Å². The molecule has 24 heteroatoms. The first-order chi connectivity index (χ1) is 53.1. The lowest BCUT2D eigenvalue weighted by Gasteiger charge is -2.39. The standard InChI is InChI=1S/C24H33F5O.C23H31F5O.C21H27F5O.C20H25F5O/c1-2-3-4-5-16-6-8-17(9-7-16)18-10-12-19(13-11-18)24(28,29)30-20-14-21(25)23(27)22(26)15-20;1-2-3-4-15-5-7-16(8-6-15)17-9-11-18(12-10-17)23(27,28)29-19-13-20(24)22(26)21(25)14-19;1-2-13-3-5-14(6-4-13)15-7-9-16(10-8-15)21(25,26)27-17-11-18(22)20(24)19(23)12-17;1-12-2-4-13(5-3-12)14-6-8-15(9-7-14)20(24,25)26-16-10-17(21)19(23)18(22)11-16/h14-19H,2-13H2,1H3;13-18H,2-12H2,1H3;11-16H,2-10H2,1H3;10-15H,2-9H2,1H3. The lowest BCUT2D eigenvalue weighted by molar-refractivity contribution is -0.225. The monoisotopic (exact) mass is 1620 g/mol. The fraction of sp³-hybridized carbons (Fsp3) is 0.727. The van der Waals surface area contributed by atoms with Crippen LogP contribution in [-0.4, -0.2) is 24.4 Å². The van der Waals surface area contributed by atoms with E-state index in [-0.39, 0.29) is 0 Å². The highest BCUT2D eigenvalue weighted by molar-refractivity contribution is 5.28. The average molecular weight is 1620 g/mol. The first-order valence-electron chi connectivity index (χ1n) is 42.0. The number of alkyl halides is 8. The number of hydrogen-bond acceptors (Lipinski definition) is 4. The van der Waals surface area contributed by atoms with Gasteiger partial charge in [0, 0.05) is 48.5 Å². The predicted molar refractivity (Wildman–Crippen MR) is 391 cm³/mol. The Morgan fingerprint density at radius 3 is 0.643 bits per heavy atom. The van der Waals surface area contributed by atoms with Gasteiger partial charge in [-0.1, -0.05) is 130 Å². The van der Waals surface area contributed by atoms with Gasteiger partial charge in [0.05, 0.1) is 23.7 Å². The molecule has 0 amide bonds. The molecule has 0 aliphatic heterocycles. The van der Waals surface area contributed by atoms with Gasteiger partial charge >= 0.3 is 24.4 Å². The number of unbranched alkanes of at least 4 members (excludes halogenated alkanes) is 3. The molecule has 4 nitrogen and oxygen atoms in total. The fourth-order valence-electron chi connectivity index (χ4n) is 19.9. The van der Waals surface area contributed by atoms with E-state index in [9.17, 15) is 87.8 Å². The topological polar surface area (TPSA) is 36.9 Å². The summed E-state index contributed by atoms with van der Waals surface area (Å²) in [7, 11) is 0. The molecule has 632 valence electrons. The van der Waals surface area contributed by atoms with Crippen molar-refractivity contribution in [3.05, 3.63) is 118 Å². The third-order valence-corrected chi connectivity index (χ3v) is 27.0. The minimum atomic E-state index is -3.53. The van der Waals surface area contributed by atoms with E-state index in [4.69, 9.17) is 0 Å². The Labute approximate surface area is 649 Å². The molecule has 0 unspecified atom stereocenters. The van der Waals surface area contributed by atoms with Crippen LogP contribution in [0.3, 0.4) is 0 Å². The highest BCUT2D eigenvalue weighted by Gasteiger charge is 2.50. The maximum Gasteiger partial charge on any atom is 0.400 e. The van der Waals surface area contributed by atoms with Crippen LogP contribution < -0.4 is 18.9 Å². The van der Waals surface area contributed by atoms with Crippen LogP contribution in [-0.2, 0) is 0 Å². The zero-order chi connectivity index (χ0) is 81.2. The number of rotatable bonds is 24. The number of ether oxygens (including phenoxy) is 4. The van der Waals surface area contributed by atoms with Gasteiger partial charge in [0.2, 0.25) is 0 Å². The van der Waals surface area contributed by atoms with Crippen molar-refractivity contribution in [2.45, 2.75) is 309 Å². The third-order valence-electron chi connectivity index (χ3n) is 27.0. The van der Waals surface area contributed by atoms with Crippen molar-refractivity contribution >= 4 is 0 Å². The second-order valence-electron chi connectivity index (χ2n) is 34.3. The normalized spacial score (nSPS) is 28.9. The van der Waals surface area contributed by atoms with Gasteiger partial charge in [-0.2, -0.15) is 35.1 Å². The van der Waals surface area contributed by atoms with E-state index in [1.54, 1.807) is 0 Å². The van der Waals surface area contributed by atoms with Crippen LogP contribution in [0.1, 0.15) is 285 Å². The maximum absolute atomic E-state index is 14.6. The molecule has 8 fully saturated rings. The molecular weight excluding hydrogens is 1500 g/mol. The summed E-state index contributed by atoms with van der Waals surface area (Å²) in [5, 5.41) is 0. The van der Waals surface area contributed by atoms with Gasteiger partial charge in [-0.25, -0.2) is 52.7 Å². The second kappa shape index (κ2) is 41.7.